The largest absolute Gasteiger partial charge is 0.490 e. The van der Waals surface area contributed by atoms with Crippen molar-refractivity contribution in [2.45, 2.75) is 37.8 Å². The predicted octanol–water partition coefficient (Wildman–Crippen LogP) is 2.40. The third-order valence-corrected chi connectivity index (χ3v) is 6.79. The summed E-state index contributed by atoms with van der Waals surface area (Å²) in [5, 5.41) is 2.86. The van der Waals surface area contributed by atoms with Crippen molar-refractivity contribution in [1.82, 2.24) is 14.9 Å². The summed E-state index contributed by atoms with van der Waals surface area (Å²) >= 11 is 0. The number of hydrogen-bond acceptors (Lipinski definition) is 6. The average Bonchev–Trinajstić information content (AvgIpc) is 3.03. The average molecular weight is 476 g/mol. The summed E-state index contributed by atoms with van der Waals surface area (Å²) in [6.07, 6.45) is 0.727. The highest BCUT2D eigenvalue weighted by Gasteiger charge is 2.29. The molecule has 0 saturated carbocycles. The first kappa shape index (κ1) is 25.0. The Morgan fingerprint density at radius 3 is 2.45 bits per heavy atom. The number of hydrogen-bond donors (Lipinski definition) is 2. The zero-order valence-corrected chi connectivity index (χ0v) is 20.2. The highest BCUT2D eigenvalue weighted by molar-refractivity contribution is 7.89. The van der Waals surface area contributed by atoms with Crippen LogP contribution in [0.4, 0.5) is 0 Å². The molecule has 8 nitrogen and oxygen atoms in total. The van der Waals surface area contributed by atoms with Crippen LogP contribution in [-0.2, 0) is 21.4 Å². The fourth-order valence-electron chi connectivity index (χ4n) is 3.49. The fraction of sp³-hybridized carbons (Fsp3) is 0.458. The van der Waals surface area contributed by atoms with E-state index >= 15 is 0 Å². The van der Waals surface area contributed by atoms with Crippen molar-refractivity contribution in [2.24, 2.45) is 5.92 Å². The molecule has 0 fully saturated rings. The van der Waals surface area contributed by atoms with Crippen molar-refractivity contribution in [3.8, 4) is 11.5 Å². The maximum absolute atomic E-state index is 13.0. The van der Waals surface area contributed by atoms with Crippen LogP contribution in [0.15, 0.2) is 53.4 Å². The van der Waals surface area contributed by atoms with Gasteiger partial charge in [-0.15, -0.1) is 0 Å². The molecule has 1 amide bonds. The Balaban J connectivity index is 1.58. The van der Waals surface area contributed by atoms with Crippen LogP contribution in [0.3, 0.4) is 0 Å². The molecule has 0 aliphatic carbocycles. The van der Waals surface area contributed by atoms with Gasteiger partial charge in [0.2, 0.25) is 15.9 Å². The zero-order valence-electron chi connectivity index (χ0n) is 19.4. The monoisotopic (exact) mass is 475 g/mol. The van der Waals surface area contributed by atoms with E-state index < -0.39 is 16.1 Å². The molecule has 2 N–H and O–H groups in total. The molecule has 3 rings (SSSR count). The number of nitrogens with one attached hydrogen (secondary N) is 2. The number of carbonyl (C=O) groups is 1. The van der Waals surface area contributed by atoms with Crippen molar-refractivity contribution in [3.63, 3.8) is 0 Å². The van der Waals surface area contributed by atoms with Crippen molar-refractivity contribution >= 4 is 15.9 Å². The quantitative estimate of drug-likeness (QED) is 0.548. The minimum Gasteiger partial charge on any atom is -0.490 e. The van der Waals surface area contributed by atoms with Gasteiger partial charge in [0.25, 0.3) is 0 Å². The number of carbonyl (C=O) groups excluding carboxylic acids is 1. The number of likely N-dealkylation sites (N-methyl/N-ethyl adjacent to an activating group) is 1. The van der Waals surface area contributed by atoms with Gasteiger partial charge in [0, 0.05) is 32.1 Å². The number of ether oxygens (including phenoxy) is 2. The summed E-state index contributed by atoms with van der Waals surface area (Å²) < 4.78 is 39.8. The van der Waals surface area contributed by atoms with Crippen LogP contribution in [0.1, 0.15) is 25.8 Å². The van der Waals surface area contributed by atoms with E-state index in [1.54, 1.807) is 6.07 Å². The third kappa shape index (κ3) is 7.18. The fourth-order valence-corrected chi connectivity index (χ4v) is 4.85. The number of rotatable bonds is 10. The highest BCUT2D eigenvalue weighted by atomic mass is 32.2. The first-order chi connectivity index (χ1) is 15.8. The number of benzene rings is 2. The van der Waals surface area contributed by atoms with Crippen LogP contribution >= 0.6 is 0 Å². The Bertz CT molecular complexity index is 1030. The molecule has 33 heavy (non-hydrogen) atoms. The van der Waals surface area contributed by atoms with E-state index in [4.69, 9.17) is 9.47 Å². The van der Waals surface area contributed by atoms with Gasteiger partial charge < -0.3 is 19.7 Å². The van der Waals surface area contributed by atoms with Crippen LogP contribution in [0, 0.1) is 5.92 Å². The maximum atomic E-state index is 13.0. The molecule has 9 heteroatoms. The van der Waals surface area contributed by atoms with E-state index in [1.807, 2.05) is 39.1 Å². The Morgan fingerprint density at radius 1 is 1.06 bits per heavy atom. The van der Waals surface area contributed by atoms with Gasteiger partial charge in [-0.2, -0.15) is 4.72 Å². The smallest absolute Gasteiger partial charge is 0.241 e. The van der Waals surface area contributed by atoms with E-state index in [2.05, 4.69) is 27.1 Å². The molecule has 2 aromatic carbocycles. The normalized spacial score (nSPS) is 14.7. The molecule has 0 saturated heterocycles. The molecule has 1 unspecified atom stereocenters. The lowest BCUT2D eigenvalue weighted by atomic mass is 10.1. The van der Waals surface area contributed by atoms with Crippen LogP contribution < -0.4 is 19.5 Å². The van der Waals surface area contributed by atoms with Gasteiger partial charge in [0.1, 0.15) is 6.04 Å². The van der Waals surface area contributed by atoms with E-state index in [-0.39, 0.29) is 16.7 Å². The third-order valence-electron chi connectivity index (χ3n) is 5.35. The summed E-state index contributed by atoms with van der Waals surface area (Å²) in [6.45, 7) is 6.41. The summed E-state index contributed by atoms with van der Waals surface area (Å²) in [5.74, 6) is 0.324. The Hall–Kier alpha value is -2.62. The maximum Gasteiger partial charge on any atom is 0.241 e. The topological polar surface area (TPSA) is 97.0 Å². The van der Waals surface area contributed by atoms with Gasteiger partial charge in [0.15, 0.2) is 11.5 Å². The van der Waals surface area contributed by atoms with Gasteiger partial charge in [0.05, 0.1) is 18.1 Å². The summed E-state index contributed by atoms with van der Waals surface area (Å²) in [6, 6.07) is 13.7. The van der Waals surface area contributed by atoms with Crippen LogP contribution in [0.2, 0.25) is 0 Å². The van der Waals surface area contributed by atoms with Crippen molar-refractivity contribution in [3.05, 3.63) is 54.1 Å². The molecule has 0 spiro atoms. The minimum absolute atomic E-state index is 0.0350. The number of sulfonamides is 1. The molecule has 2 aromatic rings. The molecule has 0 bridgehead atoms. The Labute approximate surface area is 196 Å². The second-order valence-corrected chi connectivity index (χ2v) is 10.2. The van der Waals surface area contributed by atoms with Gasteiger partial charge in [-0.25, -0.2) is 8.42 Å². The molecule has 1 aliphatic heterocycles. The molecular weight excluding hydrogens is 442 g/mol. The van der Waals surface area contributed by atoms with Crippen molar-refractivity contribution in [2.75, 3.05) is 33.4 Å². The molecule has 0 radical (unpaired) electrons. The molecule has 1 heterocycles. The predicted molar refractivity (Wildman–Crippen MR) is 127 cm³/mol. The first-order valence-corrected chi connectivity index (χ1v) is 12.7. The first-order valence-electron chi connectivity index (χ1n) is 11.2. The highest BCUT2D eigenvalue weighted by Crippen LogP contribution is 2.32. The SMILES string of the molecule is CC(C)C(NS(=O)(=O)c1ccc2c(c1)OCCCO2)C(=O)NCCN(C)Cc1ccccc1. The van der Waals surface area contributed by atoms with E-state index in [0.717, 1.165) is 13.0 Å². The molecular formula is C24H33N3O5S. The van der Waals surface area contributed by atoms with Crippen LogP contribution in [-0.4, -0.2) is 58.6 Å². The molecule has 180 valence electrons. The number of fused-ring (bicyclic) bond motifs is 1. The lowest BCUT2D eigenvalue weighted by Crippen LogP contribution is -2.50. The van der Waals surface area contributed by atoms with Crippen molar-refractivity contribution < 1.29 is 22.7 Å². The Morgan fingerprint density at radius 2 is 1.76 bits per heavy atom. The second kappa shape index (κ2) is 11.5. The number of nitrogens with zero attached hydrogens (tertiary/aromatic N) is 1. The van der Waals surface area contributed by atoms with Crippen LogP contribution in [0.5, 0.6) is 11.5 Å². The van der Waals surface area contributed by atoms with E-state index in [9.17, 15) is 13.2 Å². The Kier molecular flexibility index (Phi) is 8.71. The summed E-state index contributed by atoms with van der Waals surface area (Å²) in [4.78, 5) is 14.9. The van der Waals surface area contributed by atoms with Gasteiger partial charge in [-0.1, -0.05) is 44.2 Å². The summed E-state index contributed by atoms with van der Waals surface area (Å²) in [7, 11) is -1.96. The van der Waals surface area contributed by atoms with Gasteiger partial charge in [-0.05, 0) is 30.7 Å². The zero-order chi connectivity index (χ0) is 23.8. The number of amides is 1. The lowest BCUT2D eigenvalue weighted by molar-refractivity contribution is -0.123. The van der Waals surface area contributed by atoms with E-state index in [1.165, 1.54) is 17.7 Å². The second-order valence-electron chi connectivity index (χ2n) is 8.52. The van der Waals surface area contributed by atoms with Crippen molar-refractivity contribution in [1.29, 1.82) is 0 Å². The minimum atomic E-state index is -3.93. The van der Waals surface area contributed by atoms with Gasteiger partial charge in [-0.3, -0.25) is 4.79 Å². The van der Waals surface area contributed by atoms with Gasteiger partial charge >= 0.3 is 0 Å². The lowest BCUT2D eigenvalue weighted by Gasteiger charge is -2.23. The standard InChI is InChI=1S/C24H33N3O5S/c1-18(2)23(24(28)25-12-13-27(3)17-19-8-5-4-6-9-19)26-33(29,30)20-10-11-21-22(16-20)32-15-7-14-31-21/h4-6,8-11,16,18,23,26H,7,12-15,17H2,1-3H3,(H,25,28). The van der Waals surface area contributed by atoms with Crippen LogP contribution in [0.25, 0.3) is 0 Å². The van der Waals surface area contributed by atoms with E-state index in [0.29, 0.717) is 37.8 Å². The molecule has 0 aromatic heterocycles. The summed E-state index contributed by atoms with van der Waals surface area (Å²) in [5.41, 5.74) is 1.19. The molecule has 1 aliphatic rings. The molecule has 1 atom stereocenters.